The predicted molar refractivity (Wildman–Crippen MR) is 140 cm³/mol. The summed E-state index contributed by atoms with van der Waals surface area (Å²) in [6.45, 7) is 2.64. The summed E-state index contributed by atoms with van der Waals surface area (Å²) in [4.78, 5) is 34.4. The fourth-order valence-electron chi connectivity index (χ4n) is 4.30. The van der Waals surface area contributed by atoms with E-state index >= 15 is 0 Å². The number of ether oxygens (including phenoxy) is 2. The van der Waals surface area contributed by atoms with Crippen LogP contribution in [0, 0.1) is 0 Å². The van der Waals surface area contributed by atoms with Crippen molar-refractivity contribution in [2.45, 2.75) is 24.4 Å². The Balaban J connectivity index is 1.61. The van der Waals surface area contributed by atoms with Crippen molar-refractivity contribution in [3.05, 3.63) is 82.4 Å². The number of nitrogens with zero attached hydrogens (tertiary/aromatic N) is 4. The Morgan fingerprint density at radius 3 is 2.49 bits per heavy atom. The molecule has 5 rings (SSSR count). The van der Waals surface area contributed by atoms with Gasteiger partial charge in [0, 0.05) is 12.6 Å². The highest BCUT2D eigenvalue weighted by molar-refractivity contribution is 7.98. The number of aromatic carboxylic acids is 1. The molecule has 10 heteroatoms. The molecule has 3 aromatic carbocycles. The smallest absolute Gasteiger partial charge is 0.266 e. The monoisotopic (exact) mass is 515 g/mol. The van der Waals surface area contributed by atoms with E-state index in [0.29, 0.717) is 51.1 Å². The number of carbonyl (C=O) groups is 1. The normalized spacial score (nSPS) is 11.2. The average Bonchev–Trinajstić information content (AvgIpc) is 3.28. The minimum atomic E-state index is -1.25. The molecule has 0 spiro atoms. The van der Waals surface area contributed by atoms with E-state index in [2.05, 4.69) is 4.98 Å². The molecule has 0 N–H and O–H groups in total. The second kappa shape index (κ2) is 9.98. The second-order valence-corrected chi connectivity index (χ2v) is 9.09. The van der Waals surface area contributed by atoms with Crippen molar-refractivity contribution in [1.82, 2.24) is 19.1 Å². The number of methoxy groups -OCH3 is 2. The van der Waals surface area contributed by atoms with Gasteiger partial charge < -0.3 is 23.9 Å². The molecule has 0 saturated heterocycles. The Hall–Kier alpha value is -4.31. The van der Waals surface area contributed by atoms with E-state index in [-0.39, 0.29) is 11.1 Å². The lowest BCUT2D eigenvalue weighted by Gasteiger charge is -2.15. The van der Waals surface area contributed by atoms with Gasteiger partial charge in [0.05, 0.1) is 53.6 Å². The van der Waals surface area contributed by atoms with E-state index in [0.717, 1.165) is 11.3 Å². The second-order valence-electron chi connectivity index (χ2n) is 8.14. The Kier molecular flexibility index (Phi) is 6.58. The Bertz CT molecular complexity index is 1710. The summed E-state index contributed by atoms with van der Waals surface area (Å²) in [5.74, 6) is 0.936. The van der Waals surface area contributed by atoms with Crippen molar-refractivity contribution < 1.29 is 19.4 Å². The van der Waals surface area contributed by atoms with Gasteiger partial charge >= 0.3 is 0 Å². The number of carbonyl (C=O) groups excluding carboxylic acids is 1. The number of hydrogen-bond acceptors (Lipinski definition) is 8. The summed E-state index contributed by atoms with van der Waals surface area (Å²) in [7, 11) is 3.10. The number of fused-ring (bicyclic) bond motifs is 2. The highest BCUT2D eigenvalue weighted by atomic mass is 32.2. The van der Waals surface area contributed by atoms with E-state index in [4.69, 9.17) is 14.5 Å². The Morgan fingerprint density at radius 1 is 0.973 bits per heavy atom. The van der Waals surface area contributed by atoms with Gasteiger partial charge in [-0.3, -0.25) is 9.36 Å². The van der Waals surface area contributed by atoms with Crippen LogP contribution < -0.4 is 20.1 Å². The molecule has 2 aromatic heterocycles. The van der Waals surface area contributed by atoms with Gasteiger partial charge in [0.2, 0.25) is 0 Å². The first-order valence-electron chi connectivity index (χ1n) is 11.5. The molecule has 0 aliphatic rings. The third-order valence-corrected chi connectivity index (χ3v) is 7.01. The minimum absolute atomic E-state index is 0.0749. The van der Waals surface area contributed by atoms with Crippen LogP contribution in [-0.2, 0) is 12.3 Å². The highest BCUT2D eigenvalue weighted by Crippen LogP contribution is 2.32. The van der Waals surface area contributed by atoms with Crippen LogP contribution in [0.5, 0.6) is 11.5 Å². The lowest BCUT2D eigenvalue weighted by Crippen LogP contribution is -2.22. The Labute approximate surface area is 216 Å². The zero-order valence-corrected chi connectivity index (χ0v) is 21.2. The van der Waals surface area contributed by atoms with Gasteiger partial charge in [-0.05, 0) is 48.9 Å². The molecule has 9 nitrogen and oxygen atoms in total. The highest BCUT2D eigenvalue weighted by Gasteiger charge is 2.17. The SMILES string of the molecule is CCn1c(CSc2nc3ccccc3c(=O)n2-c2ccc(OC)c(OC)c2)nc2cc(C(=O)[O-])ccc21. The zero-order valence-electron chi connectivity index (χ0n) is 20.4. The number of carboxylic acid groups (broad SMARTS) is 1. The van der Waals surface area contributed by atoms with Crippen LogP contribution in [0.25, 0.3) is 27.6 Å². The molecular formula is C27H23N4O5S-. The van der Waals surface area contributed by atoms with Gasteiger partial charge in [-0.25, -0.2) is 9.97 Å². The number of carboxylic acids is 1. The van der Waals surface area contributed by atoms with Crippen LogP contribution in [0.1, 0.15) is 23.1 Å². The molecule has 0 saturated carbocycles. The van der Waals surface area contributed by atoms with Crippen LogP contribution in [0.4, 0.5) is 0 Å². The van der Waals surface area contributed by atoms with Crippen molar-refractivity contribution in [3.8, 4) is 17.2 Å². The summed E-state index contributed by atoms with van der Waals surface area (Å²) >= 11 is 1.37. The van der Waals surface area contributed by atoms with E-state index in [1.54, 1.807) is 49.1 Å². The number of imidazole rings is 1. The fourth-order valence-corrected chi connectivity index (χ4v) is 5.26. The van der Waals surface area contributed by atoms with Gasteiger partial charge in [-0.1, -0.05) is 30.0 Å². The third kappa shape index (κ3) is 4.40. The summed E-state index contributed by atoms with van der Waals surface area (Å²) in [5, 5.41) is 12.3. The summed E-state index contributed by atoms with van der Waals surface area (Å²) in [5.41, 5.74) is 2.45. The van der Waals surface area contributed by atoms with Crippen molar-refractivity contribution in [1.29, 1.82) is 0 Å². The zero-order chi connectivity index (χ0) is 26.1. The standard InChI is InChI=1S/C27H24N4O5S/c1-4-30-21-11-9-16(26(33)34)13-20(21)28-24(30)15-37-27-29-19-8-6-5-7-18(19)25(32)31(27)17-10-12-22(35-2)23(14-17)36-3/h5-14H,4,15H2,1-3H3,(H,33,34)/p-1. The summed E-state index contributed by atoms with van der Waals surface area (Å²) in [6, 6.07) is 17.2. The van der Waals surface area contributed by atoms with Crippen LogP contribution in [0.3, 0.4) is 0 Å². The fraction of sp³-hybridized carbons (Fsp3) is 0.185. The van der Waals surface area contributed by atoms with Gasteiger partial charge in [0.25, 0.3) is 5.56 Å². The molecule has 5 aromatic rings. The maximum atomic E-state index is 13.6. The number of aromatic nitrogens is 4. The molecule has 188 valence electrons. The van der Waals surface area contributed by atoms with Crippen molar-refractivity contribution in [3.63, 3.8) is 0 Å². The van der Waals surface area contributed by atoms with Crippen LogP contribution >= 0.6 is 11.8 Å². The lowest BCUT2D eigenvalue weighted by molar-refractivity contribution is -0.255. The van der Waals surface area contributed by atoms with Crippen LogP contribution in [-0.4, -0.2) is 39.3 Å². The van der Waals surface area contributed by atoms with Gasteiger partial charge in [0.15, 0.2) is 16.7 Å². The maximum Gasteiger partial charge on any atom is 0.266 e. The number of hydrogen-bond donors (Lipinski definition) is 0. The van der Waals surface area contributed by atoms with Crippen LogP contribution in [0.15, 0.2) is 70.6 Å². The summed E-state index contributed by atoms with van der Waals surface area (Å²) < 4.78 is 14.4. The van der Waals surface area contributed by atoms with Gasteiger partial charge in [0.1, 0.15) is 5.82 Å². The molecule has 0 atom stereocenters. The quantitative estimate of drug-likeness (QED) is 0.228. The average molecular weight is 516 g/mol. The van der Waals surface area contributed by atoms with Gasteiger partial charge in [-0.15, -0.1) is 0 Å². The minimum Gasteiger partial charge on any atom is -0.545 e. The third-order valence-electron chi connectivity index (χ3n) is 6.08. The molecule has 0 aliphatic carbocycles. The molecule has 0 unspecified atom stereocenters. The maximum absolute atomic E-state index is 13.6. The first-order valence-corrected chi connectivity index (χ1v) is 12.5. The number of aryl methyl sites for hydroxylation is 1. The first kappa shape index (κ1) is 24.4. The molecular weight excluding hydrogens is 492 g/mol. The van der Waals surface area contributed by atoms with Crippen molar-refractivity contribution in [2.75, 3.05) is 14.2 Å². The van der Waals surface area contributed by atoms with E-state index in [1.165, 1.54) is 23.9 Å². The molecule has 0 amide bonds. The van der Waals surface area contributed by atoms with Crippen molar-refractivity contribution in [2.24, 2.45) is 0 Å². The number of thioether (sulfide) groups is 1. The summed E-state index contributed by atoms with van der Waals surface area (Å²) in [6.07, 6.45) is 0. The van der Waals surface area contributed by atoms with Gasteiger partial charge in [-0.2, -0.15) is 0 Å². The van der Waals surface area contributed by atoms with Crippen LogP contribution in [0.2, 0.25) is 0 Å². The number of rotatable bonds is 8. The molecule has 0 fully saturated rings. The first-order chi connectivity index (χ1) is 17.9. The molecule has 0 radical (unpaired) electrons. The van der Waals surface area contributed by atoms with Crippen molar-refractivity contribution >= 4 is 39.7 Å². The largest absolute Gasteiger partial charge is 0.545 e. The number of para-hydroxylation sites is 1. The lowest BCUT2D eigenvalue weighted by atomic mass is 10.2. The predicted octanol–water partition coefficient (Wildman–Crippen LogP) is 3.43. The van der Waals surface area contributed by atoms with E-state index < -0.39 is 5.97 Å². The molecule has 0 aliphatic heterocycles. The molecule has 2 heterocycles. The Morgan fingerprint density at radius 2 is 1.76 bits per heavy atom. The topological polar surface area (TPSA) is 111 Å². The number of benzene rings is 3. The van der Waals surface area contributed by atoms with E-state index in [1.807, 2.05) is 29.7 Å². The van der Waals surface area contributed by atoms with E-state index in [9.17, 15) is 14.7 Å². The molecule has 37 heavy (non-hydrogen) atoms. The molecule has 0 bridgehead atoms.